The molecule has 0 bridgehead atoms. The smallest absolute Gasteiger partial charge is 0.257 e. The highest BCUT2D eigenvalue weighted by atomic mass is 16.5. The van der Waals surface area contributed by atoms with Crippen LogP contribution in [0.3, 0.4) is 0 Å². The Kier molecular flexibility index (Phi) is 7.54. The van der Waals surface area contributed by atoms with Gasteiger partial charge in [-0.05, 0) is 62.2 Å². The average Bonchev–Trinajstić information content (AvgIpc) is 3.20. The second-order valence-corrected chi connectivity index (χ2v) is 6.78. The number of para-hydroxylation sites is 1. The van der Waals surface area contributed by atoms with Crippen LogP contribution in [0.2, 0.25) is 0 Å². The minimum Gasteiger partial charge on any atom is -0.494 e. The molecule has 1 fully saturated rings. The number of benzene rings is 2. The number of amides is 1. The van der Waals surface area contributed by atoms with Crippen molar-refractivity contribution in [2.75, 3.05) is 32.8 Å². The molecule has 27 heavy (non-hydrogen) atoms. The van der Waals surface area contributed by atoms with Crippen LogP contribution in [0.25, 0.3) is 0 Å². The van der Waals surface area contributed by atoms with Crippen molar-refractivity contribution in [2.24, 2.45) is 0 Å². The van der Waals surface area contributed by atoms with Crippen molar-refractivity contribution < 1.29 is 14.3 Å². The molecule has 3 rings (SSSR count). The van der Waals surface area contributed by atoms with Crippen LogP contribution >= 0.6 is 0 Å². The van der Waals surface area contributed by atoms with Crippen LogP contribution in [-0.4, -0.2) is 43.7 Å². The highest BCUT2D eigenvalue weighted by Crippen LogP contribution is 2.17. The molecule has 144 valence electrons. The molecule has 0 unspecified atom stereocenters. The first kappa shape index (κ1) is 19.2. The normalized spacial score (nSPS) is 14.1. The maximum absolute atomic E-state index is 11.8. The lowest BCUT2D eigenvalue weighted by Crippen LogP contribution is -2.30. The summed E-state index contributed by atoms with van der Waals surface area (Å²) in [6.45, 7) is 4.56. The van der Waals surface area contributed by atoms with Crippen molar-refractivity contribution in [3.63, 3.8) is 0 Å². The molecular weight excluding hydrogens is 340 g/mol. The van der Waals surface area contributed by atoms with E-state index in [1.165, 1.54) is 31.5 Å². The molecule has 1 aliphatic rings. The quantitative estimate of drug-likeness (QED) is 0.654. The summed E-state index contributed by atoms with van der Waals surface area (Å²) < 4.78 is 11.2. The SMILES string of the molecule is O=C(COc1ccccc1)NCCCOc1cccc(CN2CCCC2)c1. The molecule has 1 amide bonds. The van der Waals surface area contributed by atoms with Crippen LogP contribution in [0, 0.1) is 0 Å². The van der Waals surface area contributed by atoms with Crippen molar-refractivity contribution in [3.8, 4) is 11.5 Å². The third-order valence-corrected chi connectivity index (χ3v) is 4.53. The summed E-state index contributed by atoms with van der Waals surface area (Å²) in [5, 5.41) is 2.85. The second-order valence-electron chi connectivity index (χ2n) is 6.78. The van der Waals surface area contributed by atoms with E-state index in [9.17, 15) is 4.79 Å². The Labute approximate surface area is 161 Å². The Morgan fingerprint density at radius 1 is 0.963 bits per heavy atom. The highest BCUT2D eigenvalue weighted by Gasteiger charge is 2.11. The number of carbonyl (C=O) groups is 1. The first-order chi connectivity index (χ1) is 13.3. The van der Waals surface area contributed by atoms with Gasteiger partial charge in [0.25, 0.3) is 5.91 Å². The zero-order valence-corrected chi connectivity index (χ0v) is 15.7. The summed E-state index contributed by atoms with van der Waals surface area (Å²) in [6, 6.07) is 17.6. The summed E-state index contributed by atoms with van der Waals surface area (Å²) in [4.78, 5) is 14.3. The zero-order chi connectivity index (χ0) is 18.7. The molecule has 0 aliphatic carbocycles. The Morgan fingerprint density at radius 3 is 2.56 bits per heavy atom. The number of hydrogen-bond acceptors (Lipinski definition) is 4. The fraction of sp³-hybridized carbons (Fsp3) is 0.409. The fourth-order valence-corrected chi connectivity index (χ4v) is 3.14. The minimum atomic E-state index is -0.119. The number of nitrogens with one attached hydrogen (secondary N) is 1. The van der Waals surface area contributed by atoms with Gasteiger partial charge in [0.1, 0.15) is 11.5 Å². The third kappa shape index (κ3) is 6.94. The van der Waals surface area contributed by atoms with Gasteiger partial charge in [0.05, 0.1) is 6.61 Å². The first-order valence-electron chi connectivity index (χ1n) is 9.68. The van der Waals surface area contributed by atoms with Crippen LogP contribution in [0.4, 0.5) is 0 Å². The summed E-state index contributed by atoms with van der Waals surface area (Å²) in [7, 11) is 0. The molecular formula is C22H28N2O3. The van der Waals surface area contributed by atoms with Crippen molar-refractivity contribution in [2.45, 2.75) is 25.8 Å². The lowest BCUT2D eigenvalue weighted by molar-refractivity contribution is -0.123. The molecule has 0 saturated carbocycles. The van der Waals surface area contributed by atoms with Crippen LogP contribution in [0.5, 0.6) is 11.5 Å². The van der Waals surface area contributed by atoms with Gasteiger partial charge in [0, 0.05) is 13.1 Å². The highest BCUT2D eigenvalue weighted by molar-refractivity contribution is 5.77. The van der Waals surface area contributed by atoms with Crippen LogP contribution in [0.15, 0.2) is 54.6 Å². The van der Waals surface area contributed by atoms with E-state index >= 15 is 0 Å². The van der Waals surface area contributed by atoms with E-state index in [0.29, 0.717) is 18.9 Å². The summed E-state index contributed by atoms with van der Waals surface area (Å²) in [6.07, 6.45) is 3.37. The van der Waals surface area contributed by atoms with Gasteiger partial charge in [-0.2, -0.15) is 0 Å². The Morgan fingerprint density at radius 2 is 1.74 bits per heavy atom. The number of hydrogen-bond donors (Lipinski definition) is 1. The molecule has 1 aliphatic heterocycles. The topological polar surface area (TPSA) is 50.8 Å². The number of nitrogens with zero attached hydrogens (tertiary/aromatic N) is 1. The van der Waals surface area contributed by atoms with E-state index in [1.54, 1.807) is 0 Å². The number of ether oxygens (including phenoxy) is 2. The minimum absolute atomic E-state index is 0.0312. The maximum Gasteiger partial charge on any atom is 0.257 e. The van der Waals surface area contributed by atoms with Gasteiger partial charge >= 0.3 is 0 Å². The van der Waals surface area contributed by atoms with Gasteiger partial charge < -0.3 is 14.8 Å². The molecule has 0 atom stereocenters. The number of carbonyl (C=O) groups excluding carboxylic acids is 1. The van der Waals surface area contributed by atoms with Crippen LogP contribution in [0.1, 0.15) is 24.8 Å². The van der Waals surface area contributed by atoms with Crippen molar-refractivity contribution in [3.05, 3.63) is 60.2 Å². The Bertz CT molecular complexity index is 700. The van der Waals surface area contributed by atoms with Gasteiger partial charge in [0.15, 0.2) is 6.61 Å². The van der Waals surface area contributed by atoms with Gasteiger partial charge in [-0.25, -0.2) is 0 Å². The van der Waals surface area contributed by atoms with E-state index in [-0.39, 0.29) is 12.5 Å². The predicted molar refractivity (Wildman–Crippen MR) is 106 cm³/mol. The molecule has 0 spiro atoms. The largest absolute Gasteiger partial charge is 0.494 e. The Hall–Kier alpha value is -2.53. The maximum atomic E-state index is 11.8. The van der Waals surface area contributed by atoms with Gasteiger partial charge in [-0.1, -0.05) is 30.3 Å². The van der Waals surface area contributed by atoms with Crippen molar-refractivity contribution >= 4 is 5.91 Å². The average molecular weight is 368 g/mol. The molecule has 2 aromatic rings. The van der Waals surface area contributed by atoms with Crippen LogP contribution < -0.4 is 14.8 Å². The van der Waals surface area contributed by atoms with E-state index in [2.05, 4.69) is 22.3 Å². The second kappa shape index (κ2) is 10.6. The molecule has 5 nitrogen and oxygen atoms in total. The lowest BCUT2D eigenvalue weighted by Gasteiger charge is -2.15. The number of rotatable bonds is 10. The van der Waals surface area contributed by atoms with E-state index in [0.717, 1.165) is 18.7 Å². The monoisotopic (exact) mass is 368 g/mol. The van der Waals surface area contributed by atoms with Gasteiger partial charge in [-0.3, -0.25) is 9.69 Å². The summed E-state index contributed by atoms with van der Waals surface area (Å²) in [5.41, 5.74) is 1.29. The van der Waals surface area contributed by atoms with Gasteiger partial charge in [0.2, 0.25) is 0 Å². The molecule has 1 heterocycles. The predicted octanol–water partition coefficient (Wildman–Crippen LogP) is 3.25. The number of likely N-dealkylation sites (tertiary alicyclic amines) is 1. The molecule has 1 N–H and O–H groups in total. The molecule has 0 radical (unpaired) electrons. The lowest BCUT2D eigenvalue weighted by atomic mass is 10.2. The van der Waals surface area contributed by atoms with E-state index < -0.39 is 0 Å². The third-order valence-electron chi connectivity index (χ3n) is 4.53. The fourth-order valence-electron chi connectivity index (χ4n) is 3.14. The standard InChI is InChI=1S/C22H28N2O3/c25-22(18-27-20-9-2-1-3-10-20)23-12-7-15-26-21-11-6-8-19(16-21)17-24-13-4-5-14-24/h1-3,6,8-11,16H,4-5,7,12-15,17-18H2,(H,23,25). The van der Waals surface area contributed by atoms with E-state index in [4.69, 9.17) is 9.47 Å². The molecule has 0 aromatic heterocycles. The summed E-state index contributed by atoms with van der Waals surface area (Å²) >= 11 is 0. The van der Waals surface area contributed by atoms with Crippen molar-refractivity contribution in [1.29, 1.82) is 0 Å². The first-order valence-corrected chi connectivity index (χ1v) is 9.68. The van der Waals surface area contributed by atoms with E-state index in [1.807, 2.05) is 42.5 Å². The summed E-state index contributed by atoms with van der Waals surface area (Å²) in [5.74, 6) is 1.47. The van der Waals surface area contributed by atoms with Crippen molar-refractivity contribution in [1.82, 2.24) is 10.2 Å². The zero-order valence-electron chi connectivity index (χ0n) is 15.7. The molecule has 1 saturated heterocycles. The molecule has 5 heteroatoms. The molecule has 2 aromatic carbocycles. The Balaban J connectivity index is 1.29. The van der Waals surface area contributed by atoms with Crippen LogP contribution in [-0.2, 0) is 11.3 Å². The van der Waals surface area contributed by atoms with Gasteiger partial charge in [-0.15, -0.1) is 0 Å².